The van der Waals surface area contributed by atoms with Crippen molar-refractivity contribution >= 4 is 11.6 Å². The van der Waals surface area contributed by atoms with Crippen LogP contribution < -0.4 is 4.90 Å². The van der Waals surface area contributed by atoms with Gasteiger partial charge in [-0.05, 0) is 69.7 Å². The van der Waals surface area contributed by atoms with Crippen molar-refractivity contribution in [2.75, 3.05) is 44.3 Å². The Labute approximate surface area is 151 Å². The summed E-state index contributed by atoms with van der Waals surface area (Å²) in [5.74, 6) is 1.15. The number of hydrogen-bond donors (Lipinski definition) is 0. The van der Waals surface area contributed by atoms with E-state index in [1.807, 2.05) is 23.1 Å². The van der Waals surface area contributed by atoms with Crippen LogP contribution in [0.2, 0.25) is 0 Å². The fourth-order valence-electron chi connectivity index (χ4n) is 4.85. The van der Waals surface area contributed by atoms with Crippen LogP contribution in [0.1, 0.15) is 38.5 Å². The third-order valence-corrected chi connectivity index (χ3v) is 6.47. The number of amides is 1. The Morgan fingerprint density at radius 3 is 2.44 bits per heavy atom. The summed E-state index contributed by atoms with van der Waals surface area (Å²) in [6.07, 6.45) is 6.64. The molecule has 136 valence electrons. The first-order valence-electron chi connectivity index (χ1n) is 9.94. The number of ether oxygens (including phenoxy) is 1. The third-order valence-electron chi connectivity index (χ3n) is 6.47. The van der Waals surface area contributed by atoms with E-state index in [0.29, 0.717) is 5.91 Å². The lowest BCUT2D eigenvalue weighted by atomic mass is 9.71. The Kier molecular flexibility index (Phi) is 5.09. The van der Waals surface area contributed by atoms with Gasteiger partial charge in [0.2, 0.25) is 5.91 Å². The second-order valence-corrected chi connectivity index (χ2v) is 8.03. The topological polar surface area (TPSA) is 32.8 Å². The summed E-state index contributed by atoms with van der Waals surface area (Å²) in [5, 5.41) is 0. The number of hydrogen-bond acceptors (Lipinski definition) is 3. The van der Waals surface area contributed by atoms with E-state index in [9.17, 15) is 4.79 Å². The van der Waals surface area contributed by atoms with Gasteiger partial charge < -0.3 is 14.5 Å². The van der Waals surface area contributed by atoms with Crippen molar-refractivity contribution in [1.82, 2.24) is 4.90 Å². The molecule has 0 radical (unpaired) electrons. The average Bonchev–Trinajstić information content (AvgIpc) is 2.67. The van der Waals surface area contributed by atoms with Crippen molar-refractivity contribution in [2.45, 2.75) is 38.5 Å². The van der Waals surface area contributed by atoms with Crippen molar-refractivity contribution < 1.29 is 9.53 Å². The number of carbonyl (C=O) groups is 1. The molecule has 3 fully saturated rings. The molecule has 25 heavy (non-hydrogen) atoms. The molecule has 0 saturated carbocycles. The second-order valence-electron chi connectivity index (χ2n) is 8.03. The monoisotopic (exact) mass is 342 g/mol. The standard InChI is InChI=1S/C21H30N2O2/c24-20-21(9-4-12-23(20)19-5-2-1-3-6-19)10-13-22(14-11-21)17-18-7-15-25-16-8-18/h1-3,5-6,18H,4,7-17H2. The molecule has 0 bridgehead atoms. The quantitative estimate of drug-likeness (QED) is 0.845. The number of benzene rings is 1. The number of anilines is 1. The molecule has 1 aromatic rings. The fourth-order valence-corrected chi connectivity index (χ4v) is 4.85. The normalized spacial score (nSPS) is 25.4. The van der Waals surface area contributed by atoms with E-state index in [0.717, 1.165) is 70.1 Å². The lowest BCUT2D eigenvalue weighted by molar-refractivity contribution is -0.133. The van der Waals surface area contributed by atoms with Crippen LogP contribution in [0.5, 0.6) is 0 Å². The molecule has 3 aliphatic rings. The Hall–Kier alpha value is -1.39. The van der Waals surface area contributed by atoms with Gasteiger partial charge in [0.1, 0.15) is 0 Å². The maximum atomic E-state index is 13.3. The molecule has 1 spiro atoms. The molecule has 0 N–H and O–H groups in total. The van der Waals surface area contributed by atoms with Gasteiger partial charge in [-0.1, -0.05) is 18.2 Å². The predicted octanol–water partition coefficient (Wildman–Crippen LogP) is 3.32. The Bertz CT molecular complexity index is 575. The number of piperidine rings is 2. The molecule has 4 heteroatoms. The summed E-state index contributed by atoms with van der Waals surface area (Å²) in [7, 11) is 0. The van der Waals surface area contributed by atoms with Crippen molar-refractivity contribution in [2.24, 2.45) is 11.3 Å². The van der Waals surface area contributed by atoms with Crippen molar-refractivity contribution in [3.8, 4) is 0 Å². The maximum absolute atomic E-state index is 13.3. The van der Waals surface area contributed by atoms with Crippen LogP contribution in [0.3, 0.4) is 0 Å². The summed E-state index contributed by atoms with van der Waals surface area (Å²) in [5.41, 5.74) is 0.955. The highest BCUT2D eigenvalue weighted by Gasteiger charge is 2.46. The van der Waals surface area contributed by atoms with Crippen molar-refractivity contribution in [3.05, 3.63) is 30.3 Å². The van der Waals surface area contributed by atoms with E-state index in [1.54, 1.807) is 0 Å². The van der Waals surface area contributed by atoms with Crippen LogP contribution in [0.15, 0.2) is 30.3 Å². The highest BCUT2D eigenvalue weighted by molar-refractivity contribution is 5.98. The third kappa shape index (κ3) is 3.61. The van der Waals surface area contributed by atoms with Gasteiger partial charge in [-0.3, -0.25) is 4.79 Å². The molecule has 3 saturated heterocycles. The largest absolute Gasteiger partial charge is 0.381 e. The fraction of sp³-hybridized carbons (Fsp3) is 0.667. The van der Waals surface area contributed by atoms with Crippen molar-refractivity contribution in [3.63, 3.8) is 0 Å². The molecule has 4 rings (SSSR count). The molecule has 4 nitrogen and oxygen atoms in total. The zero-order valence-corrected chi connectivity index (χ0v) is 15.2. The first-order valence-corrected chi connectivity index (χ1v) is 9.94. The molecule has 3 aliphatic heterocycles. The summed E-state index contributed by atoms with van der Waals surface area (Å²) in [6.45, 7) is 6.06. The van der Waals surface area contributed by atoms with Crippen LogP contribution in [0, 0.1) is 11.3 Å². The molecule has 0 atom stereocenters. The number of nitrogens with zero attached hydrogens (tertiary/aromatic N) is 2. The second kappa shape index (κ2) is 7.46. The Balaban J connectivity index is 1.38. The molecular weight excluding hydrogens is 312 g/mol. The van der Waals surface area contributed by atoms with Gasteiger partial charge in [0.15, 0.2) is 0 Å². The average molecular weight is 342 g/mol. The van der Waals surface area contributed by atoms with Gasteiger partial charge in [-0.2, -0.15) is 0 Å². The Morgan fingerprint density at radius 2 is 1.72 bits per heavy atom. The first-order chi connectivity index (χ1) is 12.3. The van der Waals surface area contributed by atoms with E-state index < -0.39 is 0 Å². The molecule has 3 heterocycles. The van der Waals surface area contributed by atoms with Gasteiger partial charge in [0, 0.05) is 32.0 Å². The summed E-state index contributed by atoms with van der Waals surface area (Å²) in [6, 6.07) is 10.2. The molecule has 0 aliphatic carbocycles. The molecule has 1 amide bonds. The van der Waals surface area contributed by atoms with Crippen LogP contribution in [-0.2, 0) is 9.53 Å². The van der Waals surface area contributed by atoms with Crippen LogP contribution in [0.25, 0.3) is 0 Å². The minimum atomic E-state index is -0.111. The molecular formula is C21H30N2O2. The minimum absolute atomic E-state index is 0.111. The molecule has 0 unspecified atom stereocenters. The SMILES string of the molecule is O=C1N(c2ccccc2)CCCC12CCN(CC1CCOCC1)CC2. The minimum Gasteiger partial charge on any atom is -0.381 e. The van der Waals surface area contributed by atoms with E-state index in [-0.39, 0.29) is 5.41 Å². The van der Waals surface area contributed by atoms with Crippen LogP contribution in [0.4, 0.5) is 5.69 Å². The van der Waals surface area contributed by atoms with Crippen molar-refractivity contribution in [1.29, 1.82) is 0 Å². The number of para-hydroxylation sites is 1. The van der Waals surface area contributed by atoms with Gasteiger partial charge >= 0.3 is 0 Å². The smallest absolute Gasteiger partial charge is 0.233 e. The van der Waals surface area contributed by atoms with Gasteiger partial charge in [-0.25, -0.2) is 0 Å². The summed E-state index contributed by atoms with van der Waals surface area (Å²) >= 11 is 0. The zero-order chi connectivity index (χ0) is 17.1. The van der Waals surface area contributed by atoms with E-state index in [2.05, 4.69) is 17.0 Å². The van der Waals surface area contributed by atoms with Crippen LogP contribution >= 0.6 is 0 Å². The van der Waals surface area contributed by atoms with Gasteiger partial charge in [0.05, 0.1) is 5.41 Å². The zero-order valence-electron chi connectivity index (χ0n) is 15.2. The molecule has 0 aromatic heterocycles. The lowest BCUT2D eigenvalue weighted by Gasteiger charge is -2.47. The molecule has 1 aromatic carbocycles. The number of carbonyl (C=O) groups excluding carboxylic acids is 1. The van der Waals surface area contributed by atoms with E-state index in [1.165, 1.54) is 19.4 Å². The van der Waals surface area contributed by atoms with E-state index >= 15 is 0 Å². The Morgan fingerprint density at radius 1 is 1.00 bits per heavy atom. The number of rotatable bonds is 3. The number of likely N-dealkylation sites (tertiary alicyclic amines) is 1. The lowest BCUT2D eigenvalue weighted by Crippen LogP contribution is -2.54. The van der Waals surface area contributed by atoms with Gasteiger partial charge in [0.25, 0.3) is 0 Å². The van der Waals surface area contributed by atoms with Crippen LogP contribution in [-0.4, -0.2) is 50.2 Å². The maximum Gasteiger partial charge on any atom is 0.233 e. The van der Waals surface area contributed by atoms with Gasteiger partial charge in [-0.15, -0.1) is 0 Å². The first kappa shape index (κ1) is 17.0. The highest BCUT2D eigenvalue weighted by atomic mass is 16.5. The summed E-state index contributed by atoms with van der Waals surface area (Å²) < 4.78 is 5.48. The summed E-state index contributed by atoms with van der Waals surface area (Å²) in [4.78, 5) is 17.9. The van der Waals surface area contributed by atoms with E-state index in [4.69, 9.17) is 4.74 Å². The highest BCUT2D eigenvalue weighted by Crippen LogP contribution is 2.42. The predicted molar refractivity (Wildman–Crippen MR) is 99.7 cm³/mol.